The minimum absolute atomic E-state index is 0.138. The molecule has 0 aromatic heterocycles. The highest BCUT2D eigenvalue weighted by Gasteiger charge is 2.15. The summed E-state index contributed by atoms with van der Waals surface area (Å²) in [6.45, 7) is 0. The van der Waals surface area contributed by atoms with Crippen molar-refractivity contribution in [3.8, 4) is 23.3 Å². The third-order valence-corrected chi connectivity index (χ3v) is 2.64. The van der Waals surface area contributed by atoms with Gasteiger partial charge in [0.05, 0.1) is 0 Å². The molecule has 0 radical (unpaired) electrons. The molecule has 2 aromatic rings. The van der Waals surface area contributed by atoms with E-state index in [0.29, 0.717) is 0 Å². The molecule has 0 aliphatic carbocycles. The van der Waals surface area contributed by atoms with E-state index in [4.69, 9.17) is 10.5 Å². The van der Waals surface area contributed by atoms with Crippen LogP contribution in [-0.4, -0.2) is 0 Å². The second kappa shape index (κ2) is 5.02. The molecule has 2 nitrogen and oxygen atoms in total. The van der Waals surface area contributed by atoms with Gasteiger partial charge in [-0.2, -0.15) is 10.5 Å². The zero-order valence-corrected chi connectivity index (χ0v) is 9.72. The second-order valence-corrected chi connectivity index (χ2v) is 3.85. The fourth-order valence-corrected chi connectivity index (χ4v) is 1.69. The maximum absolute atomic E-state index is 13.4. The first-order valence-corrected chi connectivity index (χ1v) is 5.26. The Bertz CT molecular complexity index is 671. The maximum Gasteiger partial charge on any atom is 0.144 e. The molecule has 0 saturated carbocycles. The van der Waals surface area contributed by atoms with Crippen LogP contribution in [0.4, 0.5) is 17.6 Å². The predicted molar refractivity (Wildman–Crippen MR) is 61.1 cm³/mol. The number of hydrogen-bond donors (Lipinski definition) is 0. The fourth-order valence-electron chi connectivity index (χ4n) is 1.69. The summed E-state index contributed by atoms with van der Waals surface area (Å²) in [6, 6.07) is 5.86. The van der Waals surface area contributed by atoms with Crippen LogP contribution in [-0.2, 0) is 0 Å². The fraction of sp³-hybridized carbons (Fsp3) is 0. The first-order valence-electron chi connectivity index (χ1n) is 5.26. The van der Waals surface area contributed by atoms with Crippen molar-refractivity contribution in [2.45, 2.75) is 0 Å². The van der Waals surface area contributed by atoms with Gasteiger partial charge in [0.1, 0.15) is 46.5 Å². The normalized spacial score (nSPS) is 9.90. The number of nitrogens with zero attached hydrogens (tertiary/aromatic N) is 2. The van der Waals surface area contributed by atoms with Crippen LogP contribution in [0.15, 0.2) is 24.3 Å². The molecule has 0 N–H and O–H groups in total. The van der Waals surface area contributed by atoms with Gasteiger partial charge in [0, 0.05) is 0 Å². The van der Waals surface area contributed by atoms with Gasteiger partial charge in [-0.25, -0.2) is 17.6 Å². The lowest BCUT2D eigenvalue weighted by Crippen LogP contribution is -1.95. The number of rotatable bonds is 1. The Morgan fingerprint density at radius 1 is 0.600 bits per heavy atom. The van der Waals surface area contributed by atoms with Crippen LogP contribution in [0, 0.1) is 45.9 Å². The highest BCUT2D eigenvalue weighted by atomic mass is 19.1. The minimum atomic E-state index is -1.13. The van der Waals surface area contributed by atoms with Crippen LogP contribution in [0.25, 0.3) is 11.1 Å². The number of benzene rings is 2. The number of halogens is 4. The molecule has 98 valence electrons. The topological polar surface area (TPSA) is 47.6 Å². The molecule has 20 heavy (non-hydrogen) atoms. The standard InChI is InChI=1S/C14H4F4N2/c15-11-1-7(2-12(16)9(11)5-19)8-3-13(17)10(6-20)14(18)4-8/h1-4H. The third kappa shape index (κ3) is 2.19. The number of nitriles is 2. The van der Waals surface area contributed by atoms with Gasteiger partial charge in [-0.05, 0) is 35.4 Å². The van der Waals surface area contributed by atoms with Gasteiger partial charge in [0.15, 0.2) is 0 Å². The maximum atomic E-state index is 13.4. The molecule has 0 atom stereocenters. The molecular weight excluding hydrogens is 272 g/mol. The Morgan fingerprint density at radius 2 is 0.850 bits per heavy atom. The molecular formula is C14H4F4N2. The summed E-state index contributed by atoms with van der Waals surface area (Å²) in [5.41, 5.74) is -1.82. The molecule has 0 aliphatic heterocycles. The highest BCUT2D eigenvalue weighted by molar-refractivity contribution is 5.66. The SMILES string of the molecule is N#Cc1c(F)cc(-c2cc(F)c(C#N)c(F)c2)cc1F. The van der Waals surface area contributed by atoms with Gasteiger partial charge in [-0.3, -0.25) is 0 Å². The Morgan fingerprint density at radius 3 is 1.05 bits per heavy atom. The summed E-state index contributed by atoms with van der Waals surface area (Å²) in [5.74, 6) is -4.53. The average Bonchev–Trinajstić information content (AvgIpc) is 2.37. The second-order valence-electron chi connectivity index (χ2n) is 3.85. The van der Waals surface area contributed by atoms with E-state index in [1.807, 2.05) is 0 Å². The molecule has 0 aliphatic rings. The van der Waals surface area contributed by atoms with E-state index in [9.17, 15) is 17.6 Å². The van der Waals surface area contributed by atoms with Crippen LogP contribution in [0.5, 0.6) is 0 Å². The third-order valence-electron chi connectivity index (χ3n) is 2.64. The first-order chi connectivity index (χ1) is 9.47. The Hall–Kier alpha value is -2.86. The molecule has 0 unspecified atom stereocenters. The average molecular weight is 276 g/mol. The molecule has 0 fully saturated rings. The molecule has 0 saturated heterocycles. The lowest BCUT2D eigenvalue weighted by molar-refractivity contribution is 0.573. The van der Waals surface area contributed by atoms with Crippen molar-refractivity contribution >= 4 is 0 Å². The first kappa shape index (κ1) is 13.6. The summed E-state index contributed by atoms with van der Waals surface area (Å²) in [7, 11) is 0. The predicted octanol–water partition coefficient (Wildman–Crippen LogP) is 3.65. The van der Waals surface area contributed by atoms with Gasteiger partial charge in [-0.15, -0.1) is 0 Å². The smallest absolute Gasteiger partial charge is 0.144 e. The molecule has 0 amide bonds. The van der Waals surface area contributed by atoms with Crippen molar-refractivity contribution in [2.24, 2.45) is 0 Å². The Kier molecular flexibility index (Phi) is 3.41. The molecule has 6 heteroatoms. The van der Waals surface area contributed by atoms with Gasteiger partial charge in [-0.1, -0.05) is 0 Å². The van der Waals surface area contributed by atoms with E-state index in [-0.39, 0.29) is 11.1 Å². The summed E-state index contributed by atoms with van der Waals surface area (Å²) in [5, 5.41) is 17.1. The molecule has 0 bridgehead atoms. The highest BCUT2D eigenvalue weighted by Crippen LogP contribution is 2.27. The van der Waals surface area contributed by atoms with Crippen molar-refractivity contribution in [3.63, 3.8) is 0 Å². The lowest BCUT2D eigenvalue weighted by Gasteiger charge is -2.06. The van der Waals surface area contributed by atoms with Crippen molar-refractivity contribution in [1.82, 2.24) is 0 Å². The number of hydrogen-bond acceptors (Lipinski definition) is 2. The van der Waals surface area contributed by atoms with Gasteiger partial charge < -0.3 is 0 Å². The van der Waals surface area contributed by atoms with Crippen LogP contribution in [0.1, 0.15) is 11.1 Å². The Balaban J connectivity index is 2.65. The van der Waals surface area contributed by atoms with Gasteiger partial charge >= 0.3 is 0 Å². The van der Waals surface area contributed by atoms with Crippen LogP contribution in [0.3, 0.4) is 0 Å². The quantitative estimate of drug-likeness (QED) is 0.746. The van der Waals surface area contributed by atoms with Crippen molar-refractivity contribution in [1.29, 1.82) is 10.5 Å². The summed E-state index contributed by atoms with van der Waals surface area (Å²) in [4.78, 5) is 0. The monoisotopic (exact) mass is 276 g/mol. The largest absolute Gasteiger partial charge is 0.205 e. The lowest BCUT2D eigenvalue weighted by atomic mass is 10.0. The van der Waals surface area contributed by atoms with Crippen LogP contribution < -0.4 is 0 Å². The van der Waals surface area contributed by atoms with E-state index in [0.717, 1.165) is 24.3 Å². The molecule has 0 spiro atoms. The van der Waals surface area contributed by atoms with E-state index in [2.05, 4.69) is 0 Å². The van der Waals surface area contributed by atoms with Crippen LogP contribution in [0.2, 0.25) is 0 Å². The minimum Gasteiger partial charge on any atom is -0.205 e. The van der Waals surface area contributed by atoms with Gasteiger partial charge in [0.25, 0.3) is 0 Å². The van der Waals surface area contributed by atoms with E-state index in [1.165, 1.54) is 12.1 Å². The molecule has 2 aromatic carbocycles. The van der Waals surface area contributed by atoms with E-state index < -0.39 is 34.4 Å². The van der Waals surface area contributed by atoms with Crippen LogP contribution >= 0.6 is 0 Å². The van der Waals surface area contributed by atoms with Crippen molar-refractivity contribution in [2.75, 3.05) is 0 Å². The summed E-state index contributed by atoms with van der Waals surface area (Å²) >= 11 is 0. The summed E-state index contributed by atoms with van der Waals surface area (Å²) in [6.07, 6.45) is 0. The zero-order valence-electron chi connectivity index (χ0n) is 9.72. The molecule has 0 heterocycles. The molecule has 2 rings (SSSR count). The zero-order chi connectivity index (χ0) is 14.9. The Labute approximate surface area is 111 Å². The van der Waals surface area contributed by atoms with Gasteiger partial charge in [0.2, 0.25) is 0 Å². The summed E-state index contributed by atoms with van der Waals surface area (Å²) < 4.78 is 53.8. The van der Waals surface area contributed by atoms with E-state index in [1.54, 1.807) is 0 Å². The van der Waals surface area contributed by atoms with Crippen molar-refractivity contribution < 1.29 is 17.6 Å². The van der Waals surface area contributed by atoms with E-state index >= 15 is 0 Å². The van der Waals surface area contributed by atoms with Crippen molar-refractivity contribution in [3.05, 3.63) is 58.7 Å².